The molecule has 2 rings (SSSR count). The summed E-state index contributed by atoms with van der Waals surface area (Å²) in [5, 5.41) is 0. The van der Waals surface area contributed by atoms with Crippen molar-refractivity contribution in [1.82, 2.24) is 4.90 Å². The SMILES string of the molecule is C=CC(C(=C)/C=C\N(C)C)(c1ccccc1)c1ccccc1. The summed E-state index contributed by atoms with van der Waals surface area (Å²) in [4.78, 5) is 2.01. The minimum Gasteiger partial charge on any atom is -0.383 e. The molecule has 0 amide bonds. The summed E-state index contributed by atoms with van der Waals surface area (Å²) >= 11 is 0. The lowest BCUT2D eigenvalue weighted by Crippen LogP contribution is -2.26. The quantitative estimate of drug-likeness (QED) is 0.546. The largest absolute Gasteiger partial charge is 0.383 e. The van der Waals surface area contributed by atoms with E-state index in [1.54, 1.807) is 0 Å². The molecule has 0 atom stereocenters. The van der Waals surface area contributed by atoms with Crippen LogP contribution in [0.5, 0.6) is 0 Å². The molecule has 0 bridgehead atoms. The molecule has 0 aliphatic rings. The van der Waals surface area contributed by atoms with Gasteiger partial charge in [0.2, 0.25) is 0 Å². The molecule has 0 unspecified atom stereocenters. The van der Waals surface area contributed by atoms with Gasteiger partial charge in [-0.1, -0.05) is 73.3 Å². The molecule has 1 heteroatoms. The molecule has 0 radical (unpaired) electrons. The number of benzene rings is 2. The van der Waals surface area contributed by atoms with Gasteiger partial charge < -0.3 is 4.90 Å². The highest BCUT2D eigenvalue weighted by Gasteiger charge is 2.32. The molecule has 112 valence electrons. The number of hydrogen-bond donors (Lipinski definition) is 0. The Morgan fingerprint density at radius 2 is 1.36 bits per heavy atom. The van der Waals surface area contributed by atoms with E-state index in [1.165, 1.54) is 11.1 Å². The molecule has 2 aromatic carbocycles. The summed E-state index contributed by atoms with van der Waals surface area (Å²) < 4.78 is 0. The first kappa shape index (κ1) is 15.8. The second kappa shape index (κ2) is 6.95. The van der Waals surface area contributed by atoms with Gasteiger partial charge in [0.05, 0.1) is 5.41 Å². The highest BCUT2D eigenvalue weighted by atomic mass is 15.0. The maximum Gasteiger partial charge on any atom is 0.0624 e. The van der Waals surface area contributed by atoms with Crippen LogP contribution in [-0.4, -0.2) is 19.0 Å². The zero-order valence-corrected chi connectivity index (χ0v) is 13.4. The highest BCUT2D eigenvalue weighted by Crippen LogP contribution is 2.40. The Morgan fingerprint density at radius 1 is 0.909 bits per heavy atom. The lowest BCUT2D eigenvalue weighted by Gasteiger charge is -2.33. The van der Waals surface area contributed by atoms with Gasteiger partial charge >= 0.3 is 0 Å². The van der Waals surface area contributed by atoms with E-state index < -0.39 is 5.41 Å². The lowest BCUT2D eigenvalue weighted by molar-refractivity contribution is 0.562. The van der Waals surface area contributed by atoms with Crippen LogP contribution in [0.3, 0.4) is 0 Å². The molecule has 0 aliphatic heterocycles. The predicted octanol–water partition coefficient (Wildman–Crippen LogP) is 4.79. The Labute approximate surface area is 133 Å². The molecular formula is C21H23N. The van der Waals surface area contributed by atoms with Gasteiger partial charge in [0.1, 0.15) is 0 Å². The molecule has 0 aliphatic carbocycles. The van der Waals surface area contributed by atoms with Gasteiger partial charge in [-0.2, -0.15) is 0 Å². The van der Waals surface area contributed by atoms with Gasteiger partial charge in [-0.15, -0.1) is 6.58 Å². The van der Waals surface area contributed by atoms with Crippen molar-refractivity contribution in [2.45, 2.75) is 5.41 Å². The van der Waals surface area contributed by atoms with Crippen molar-refractivity contribution in [1.29, 1.82) is 0 Å². The van der Waals surface area contributed by atoms with E-state index in [2.05, 4.69) is 67.8 Å². The summed E-state index contributed by atoms with van der Waals surface area (Å²) in [6.45, 7) is 8.46. The van der Waals surface area contributed by atoms with Gasteiger partial charge in [-0.3, -0.25) is 0 Å². The van der Waals surface area contributed by atoms with Crippen molar-refractivity contribution >= 4 is 0 Å². The molecule has 0 heterocycles. The van der Waals surface area contributed by atoms with Crippen molar-refractivity contribution in [2.75, 3.05) is 14.1 Å². The Morgan fingerprint density at radius 3 is 1.73 bits per heavy atom. The Bertz CT molecular complexity index is 611. The fourth-order valence-corrected chi connectivity index (χ4v) is 2.68. The van der Waals surface area contributed by atoms with Crippen LogP contribution in [0, 0.1) is 0 Å². The molecule has 0 saturated carbocycles. The summed E-state index contributed by atoms with van der Waals surface area (Å²) in [5.41, 5.74) is 2.91. The van der Waals surface area contributed by atoms with Crippen molar-refractivity contribution in [3.05, 3.63) is 109 Å². The van der Waals surface area contributed by atoms with Crippen LogP contribution >= 0.6 is 0 Å². The number of hydrogen-bond acceptors (Lipinski definition) is 1. The van der Waals surface area contributed by atoms with Crippen molar-refractivity contribution < 1.29 is 0 Å². The molecular weight excluding hydrogens is 266 g/mol. The van der Waals surface area contributed by atoms with Crippen molar-refractivity contribution in [2.24, 2.45) is 0 Å². The molecule has 22 heavy (non-hydrogen) atoms. The van der Waals surface area contributed by atoms with Crippen molar-refractivity contribution in [3.8, 4) is 0 Å². The highest BCUT2D eigenvalue weighted by molar-refractivity contribution is 5.55. The maximum atomic E-state index is 4.34. The van der Waals surface area contributed by atoms with E-state index in [0.717, 1.165) is 5.57 Å². The summed E-state index contributed by atoms with van der Waals surface area (Å²) in [6.07, 6.45) is 6.06. The van der Waals surface area contributed by atoms with Crippen LogP contribution < -0.4 is 0 Å². The fraction of sp³-hybridized carbons (Fsp3) is 0.143. The first-order chi connectivity index (χ1) is 10.6. The Hall–Kier alpha value is -2.54. The standard InChI is InChI=1S/C21H23N/c1-5-21(18(2)16-17-22(3)4,19-12-8-6-9-13-19)20-14-10-7-11-15-20/h5-17H,1-2H2,3-4H3/b17-16-. The first-order valence-electron chi connectivity index (χ1n) is 7.40. The third-order valence-corrected chi connectivity index (χ3v) is 3.84. The summed E-state index contributed by atoms with van der Waals surface area (Å²) in [5.74, 6) is 0. The van der Waals surface area contributed by atoms with Crippen LogP contribution in [0.2, 0.25) is 0 Å². The van der Waals surface area contributed by atoms with Gasteiger partial charge in [0.15, 0.2) is 0 Å². The van der Waals surface area contributed by atoms with Crippen LogP contribution in [0.1, 0.15) is 11.1 Å². The summed E-state index contributed by atoms with van der Waals surface area (Å²) in [7, 11) is 4.01. The van der Waals surface area contributed by atoms with Crippen LogP contribution in [0.25, 0.3) is 0 Å². The lowest BCUT2D eigenvalue weighted by atomic mass is 9.69. The number of rotatable bonds is 6. The Kier molecular flexibility index (Phi) is 5.00. The van der Waals surface area contributed by atoms with E-state index in [0.29, 0.717) is 0 Å². The normalized spacial score (nSPS) is 11.4. The van der Waals surface area contributed by atoms with Gasteiger partial charge in [-0.25, -0.2) is 0 Å². The second-order valence-corrected chi connectivity index (χ2v) is 5.55. The van der Waals surface area contributed by atoms with Crippen LogP contribution in [-0.2, 0) is 5.41 Å². The molecule has 0 N–H and O–H groups in total. The minimum atomic E-state index is -0.422. The van der Waals surface area contributed by atoms with Gasteiger partial charge in [0.25, 0.3) is 0 Å². The zero-order valence-electron chi connectivity index (χ0n) is 13.4. The average molecular weight is 289 g/mol. The predicted molar refractivity (Wildman–Crippen MR) is 95.8 cm³/mol. The number of allylic oxidation sites excluding steroid dienone is 3. The monoisotopic (exact) mass is 289 g/mol. The smallest absolute Gasteiger partial charge is 0.0624 e. The molecule has 0 fully saturated rings. The van der Waals surface area contributed by atoms with Gasteiger partial charge in [0, 0.05) is 14.1 Å². The summed E-state index contributed by atoms with van der Waals surface area (Å²) in [6, 6.07) is 20.8. The fourth-order valence-electron chi connectivity index (χ4n) is 2.68. The maximum absolute atomic E-state index is 4.34. The van der Waals surface area contributed by atoms with E-state index in [1.807, 2.05) is 43.4 Å². The van der Waals surface area contributed by atoms with Crippen LogP contribution in [0.4, 0.5) is 0 Å². The van der Waals surface area contributed by atoms with Crippen molar-refractivity contribution in [3.63, 3.8) is 0 Å². The average Bonchev–Trinajstić information content (AvgIpc) is 2.56. The molecule has 0 spiro atoms. The molecule has 0 aromatic heterocycles. The number of nitrogens with zero attached hydrogens (tertiary/aromatic N) is 1. The Balaban J connectivity index is 2.63. The second-order valence-electron chi connectivity index (χ2n) is 5.55. The van der Waals surface area contributed by atoms with Gasteiger partial charge in [-0.05, 0) is 29.0 Å². The third kappa shape index (κ3) is 3.04. The van der Waals surface area contributed by atoms with E-state index in [9.17, 15) is 0 Å². The molecule has 1 nitrogen and oxygen atoms in total. The third-order valence-electron chi connectivity index (χ3n) is 3.84. The first-order valence-corrected chi connectivity index (χ1v) is 7.40. The van der Waals surface area contributed by atoms with Crippen LogP contribution in [0.15, 0.2) is 97.7 Å². The topological polar surface area (TPSA) is 3.24 Å². The van der Waals surface area contributed by atoms with E-state index in [4.69, 9.17) is 0 Å². The molecule has 0 saturated heterocycles. The molecule has 2 aromatic rings. The van der Waals surface area contributed by atoms with E-state index >= 15 is 0 Å². The zero-order chi connectivity index (χ0) is 16.0. The minimum absolute atomic E-state index is 0.422. The van der Waals surface area contributed by atoms with E-state index in [-0.39, 0.29) is 0 Å².